The molecule has 0 unspecified atom stereocenters. The van der Waals surface area contributed by atoms with Crippen molar-refractivity contribution in [3.63, 3.8) is 0 Å². The minimum absolute atomic E-state index is 0.0602. The zero-order valence-electron chi connectivity index (χ0n) is 8.48. The Kier molecular flexibility index (Phi) is 3.23. The van der Waals surface area contributed by atoms with Crippen molar-refractivity contribution in [2.24, 2.45) is 0 Å². The maximum Gasteiger partial charge on any atom is 0.254 e. The number of hydrogen-bond acceptors (Lipinski definition) is 2. The van der Waals surface area contributed by atoms with Gasteiger partial charge in [-0.3, -0.25) is 4.79 Å². The van der Waals surface area contributed by atoms with E-state index in [-0.39, 0.29) is 5.56 Å². The lowest BCUT2D eigenvalue weighted by Gasteiger charge is -1.97. The van der Waals surface area contributed by atoms with Crippen LogP contribution in [0.25, 0.3) is 0 Å². The van der Waals surface area contributed by atoms with Gasteiger partial charge in [-0.25, -0.2) is 4.98 Å². The Morgan fingerprint density at radius 2 is 2.00 bits per heavy atom. The van der Waals surface area contributed by atoms with E-state index in [0.29, 0.717) is 0 Å². The summed E-state index contributed by atoms with van der Waals surface area (Å²) < 4.78 is 0. The molecule has 1 aliphatic rings. The van der Waals surface area contributed by atoms with Gasteiger partial charge in [0.05, 0.1) is 5.69 Å². The Balaban J connectivity index is 0.000000396. The second-order valence-corrected chi connectivity index (χ2v) is 2.93. The van der Waals surface area contributed by atoms with E-state index in [1.807, 2.05) is 20.8 Å². The number of fused-ring (bicyclic) bond motifs is 1. The van der Waals surface area contributed by atoms with Gasteiger partial charge in [0.2, 0.25) is 0 Å². The fraction of sp³-hybridized carbons (Fsp3) is 0.600. The van der Waals surface area contributed by atoms with Crippen LogP contribution >= 0.6 is 0 Å². The Labute approximate surface area is 78.2 Å². The SMILES string of the molecule is CC.Cc1nc2c(c(=O)[nH]1)CCC2. The molecule has 0 amide bonds. The van der Waals surface area contributed by atoms with Crippen LogP contribution in [-0.2, 0) is 12.8 Å². The van der Waals surface area contributed by atoms with Gasteiger partial charge in [0.25, 0.3) is 5.56 Å². The Morgan fingerprint density at radius 1 is 1.31 bits per heavy atom. The van der Waals surface area contributed by atoms with E-state index < -0.39 is 0 Å². The Hall–Kier alpha value is -1.12. The monoisotopic (exact) mass is 180 g/mol. The summed E-state index contributed by atoms with van der Waals surface area (Å²) in [6.45, 7) is 5.82. The van der Waals surface area contributed by atoms with E-state index in [9.17, 15) is 4.79 Å². The van der Waals surface area contributed by atoms with Gasteiger partial charge < -0.3 is 4.98 Å². The number of aryl methyl sites for hydroxylation is 2. The molecule has 0 atom stereocenters. The summed E-state index contributed by atoms with van der Waals surface area (Å²) in [5, 5.41) is 0. The minimum Gasteiger partial charge on any atom is -0.311 e. The van der Waals surface area contributed by atoms with E-state index in [2.05, 4.69) is 9.97 Å². The highest BCUT2D eigenvalue weighted by Crippen LogP contribution is 2.14. The van der Waals surface area contributed by atoms with Crippen LogP contribution < -0.4 is 5.56 Å². The molecule has 0 fully saturated rings. The molecule has 1 aromatic heterocycles. The molecule has 1 aromatic rings. The molecule has 0 spiro atoms. The normalized spacial score (nSPS) is 13.2. The van der Waals surface area contributed by atoms with Gasteiger partial charge in [0.1, 0.15) is 5.82 Å². The van der Waals surface area contributed by atoms with Gasteiger partial charge in [-0.2, -0.15) is 0 Å². The molecular weight excluding hydrogens is 164 g/mol. The van der Waals surface area contributed by atoms with Gasteiger partial charge in [0.15, 0.2) is 0 Å². The van der Waals surface area contributed by atoms with Crippen molar-refractivity contribution >= 4 is 0 Å². The third kappa shape index (κ3) is 1.97. The summed E-state index contributed by atoms with van der Waals surface area (Å²) in [6, 6.07) is 0. The largest absolute Gasteiger partial charge is 0.311 e. The Bertz CT molecular complexity index is 341. The summed E-state index contributed by atoms with van der Waals surface area (Å²) in [5.41, 5.74) is 1.96. The average molecular weight is 180 g/mol. The lowest BCUT2D eigenvalue weighted by Crippen LogP contribution is -2.15. The highest BCUT2D eigenvalue weighted by Gasteiger charge is 2.15. The molecular formula is C10H16N2O. The molecule has 1 N–H and O–H groups in total. The van der Waals surface area contributed by atoms with E-state index in [0.717, 1.165) is 36.3 Å². The van der Waals surface area contributed by atoms with Crippen molar-refractivity contribution in [3.8, 4) is 0 Å². The molecule has 0 bridgehead atoms. The van der Waals surface area contributed by atoms with Crippen molar-refractivity contribution in [1.82, 2.24) is 9.97 Å². The lowest BCUT2D eigenvalue weighted by molar-refractivity contribution is 0.895. The molecule has 1 heterocycles. The first-order valence-electron chi connectivity index (χ1n) is 4.86. The molecule has 3 nitrogen and oxygen atoms in total. The minimum atomic E-state index is 0.0602. The summed E-state index contributed by atoms with van der Waals surface area (Å²) >= 11 is 0. The van der Waals surface area contributed by atoms with Crippen molar-refractivity contribution < 1.29 is 0 Å². The summed E-state index contributed by atoms with van der Waals surface area (Å²) in [7, 11) is 0. The summed E-state index contributed by atoms with van der Waals surface area (Å²) in [5.74, 6) is 0.732. The second kappa shape index (κ2) is 4.21. The average Bonchev–Trinajstić information content (AvgIpc) is 2.55. The molecule has 0 radical (unpaired) electrons. The first kappa shape index (κ1) is 9.96. The standard InChI is InChI=1S/C8H10N2O.C2H6/c1-5-9-7-4-2-3-6(7)8(11)10-5;1-2/h2-4H2,1H3,(H,9,10,11);1-2H3. The number of nitrogens with zero attached hydrogens (tertiary/aromatic N) is 1. The van der Waals surface area contributed by atoms with Crippen LogP contribution in [0.3, 0.4) is 0 Å². The van der Waals surface area contributed by atoms with Gasteiger partial charge in [-0.15, -0.1) is 0 Å². The number of rotatable bonds is 0. The second-order valence-electron chi connectivity index (χ2n) is 2.93. The van der Waals surface area contributed by atoms with Crippen LogP contribution in [0.4, 0.5) is 0 Å². The Morgan fingerprint density at radius 3 is 2.69 bits per heavy atom. The molecule has 1 aliphatic carbocycles. The first-order chi connectivity index (χ1) is 6.27. The predicted molar refractivity (Wildman–Crippen MR) is 53.0 cm³/mol. The molecule has 2 rings (SSSR count). The molecule has 3 heteroatoms. The smallest absolute Gasteiger partial charge is 0.254 e. The predicted octanol–water partition coefficient (Wildman–Crippen LogP) is 1.59. The maximum absolute atomic E-state index is 11.2. The van der Waals surface area contributed by atoms with E-state index in [1.54, 1.807) is 0 Å². The number of H-pyrrole nitrogens is 1. The van der Waals surface area contributed by atoms with Crippen molar-refractivity contribution in [3.05, 3.63) is 27.4 Å². The van der Waals surface area contributed by atoms with Gasteiger partial charge in [-0.05, 0) is 26.2 Å². The number of nitrogens with one attached hydrogen (secondary N) is 1. The van der Waals surface area contributed by atoms with E-state index in [4.69, 9.17) is 0 Å². The van der Waals surface area contributed by atoms with Crippen LogP contribution in [0.15, 0.2) is 4.79 Å². The van der Waals surface area contributed by atoms with Crippen LogP contribution in [0, 0.1) is 6.92 Å². The molecule has 0 aliphatic heterocycles. The van der Waals surface area contributed by atoms with Crippen LogP contribution in [-0.4, -0.2) is 9.97 Å². The number of aromatic amines is 1. The molecule has 0 saturated carbocycles. The molecule has 0 aromatic carbocycles. The van der Waals surface area contributed by atoms with Crippen molar-refractivity contribution in [2.75, 3.05) is 0 Å². The third-order valence-corrected chi connectivity index (χ3v) is 2.06. The quantitative estimate of drug-likeness (QED) is 0.659. The molecule has 13 heavy (non-hydrogen) atoms. The third-order valence-electron chi connectivity index (χ3n) is 2.06. The topological polar surface area (TPSA) is 45.8 Å². The van der Waals surface area contributed by atoms with Crippen LogP contribution in [0.1, 0.15) is 37.4 Å². The number of hydrogen-bond donors (Lipinski definition) is 1. The van der Waals surface area contributed by atoms with Gasteiger partial charge >= 0.3 is 0 Å². The zero-order chi connectivity index (χ0) is 9.84. The van der Waals surface area contributed by atoms with Crippen molar-refractivity contribution in [1.29, 1.82) is 0 Å². The summed E-state index contributed by atoms with van der Waals surface area (Å²) in [4.78, 5) is 18.2. The first-order valence-corrected chi connectivity index (χ1v) is 4.86. The highest BCUT2D eigenvalue weighted by atomic mass is 16.1. The van der Waals surface area contributed by atoms with Gasteiger partial charge in [0, 0.05) is 5.56 Å². The summed E-state index contributed by atoms with van der Waals surface area (Å²) in [6.07, 6.45) is 2.95. The van der Waals surface area contributed by atoms with Gasteiger partial charge in [-0.1, -0.05) is 13.8 Å². The fourth-order valence-corrected chi connectivity index (χ4v) is 1.57. The van der Waals surface area contributed by atoms with Crippen LogP contribution in [0.5, 0.6) is 0 Å². The van der Waals surface area contributed by atoms with Crippen LogP contribution in [0.2, 0.25) is 0 Å². The zero-order valence-corrected chi connectivity index (χ0v) is 8.48. The maximum atomic E-state index is 11.2. The highest BCUT2D eigenvalue weighted by molar-refractivity contribution is 5.22. The lowest BCUT2D eigenvalue weighted by atomic mass is 10.2. The molecule has 0 saturated heterocycles. The van der Waals surface area contributed by atoms with E-state index >= 15 is 0 Å². The number of aromatic nitrogens is 2. The van der Waals surface area contributed by atoms with E-state index in [1.165, 1.54) is 0 Å². The fourth-order valence-electron chi connectivity index (χ4n) is 1.57. The van der Waals surface area contributed by atoms with Crippen molar-refractivity contribution in [2.45, 2.75) is 40.0 Å². The molecule has 72 valence electrons.